The van der Waals surface area contributed by atoms with Crippen molar-refractivity contribution >= 4 is 11.8 Å². The monoisotopic (exact) mass is 281 g/mol. The molecule has 0 aliphatic carbocycles. The second-order valence-corrected chi connectivity index (χ2v) is 4.71. The first kappa shape index (κ1) is 14.3. The van der Waals surface area contributed by atoms with E-state index in [-0.39, 0.29) is 23.9 Å². The normalized spacial score (nSPS) is 17.9. The van der Waals surface area contributed by atoms with Gasteiger partial charge in [-0.2, -0.15) is 0 Å². The van der Waals surface area contributed by atoms with Crippen molar-refractivity contribution < 1.29 is 19.1 Å². The number of primary amides is 1. The Hall–Kier alpha value is -2.15. The zero-order valence-corrected chi connectivity index (χ0v) is 10.8. The van der Waals surface area contributed by atoms with Crippen molar-refractivity contribution in [3.63, 3.8) is 0 Å². The maximum atomic E-state index is 13.2. The average molecular weight is 281 g/mol. The number of carbonyl (C=O) groups excluding carboxylic acids is 2. The summed E-state index contributed by atoms with van der Waals surface area (Å²) in [6.07, 6.45) is 0.676. The quantitative estimate of drug-likeness (QED) is 0.713. The molecule has 0 saturated carbocycles. The SMILES string of the molecule is NC(=O)CN(C(=O)c1cc(F)ccc1O)C1CCNC1. The number of benzene rings is 1. The van der Waals surface area contributed by atoms with Gasteiger partial charge in [-0.3, -0.25) is 9.59 Å². The van der Waals surface area contributed by atoms with Gasteiger partial charge in [0.25, 0.3) is 5.91 Å². The Balaban J connectivity index is 2.29. The van der Waals surface area contributed by atoms with Crippen LogP contribution in [0, 0.1) is 5.82 Å². The molecule has 2 rings (SSSR count). The Morgan fingerprint density at radius 2 is 2.25 bits per heavy atom. The summed E-state index contributed by atoms with van der Waals surface area (Å²) >= 11 is 0. The van der Waals surface area contributed by atoms with Crippen molar-refractivity contribution in [1.29, 1.82) is 0 Å². The summed E-state index contributed by atoms with van der Waals surface area (Å²) in [5, 5.41) is 12.8. The average Bonchev–Trinajstić information content (AvgIpc) is 2.91. The van der Waals surface area contributed by atoms with Crippen LogP contribution in [0.1, 0.15) is 16.8 Å². The third-order valence-electron chi connectivity index (χ3n) is 3.25. The molecule has 1 aliphatic rings. The molecule has 4 N–H and O–H groups in total. The van der Waals surface area contributed by atoms with Gasteiger partial charge in [-0.25, -0.2) is 4.39 Å². The summed E-state index contributed by atoms with van der Waals surface area (Å²) in [5.41, 5.74) is 4.99. The van der Waals surface area contributed by atoms with Gasteiger partial charge in [-0.1, -0.05) is 0 Å². The Labute approximate surface area is 115 Å². The number of nitrogens with zero attached hydrogens (tertiary/aromatic N) is 1. The van der Waals surface area contributed by atoms with Crippen molar-refractivity contribution in [2.24, 2.45) is 5.73 Å². The van der Waals surface area contributed by atoms with E-state index in [0.29, 0.717) is 13.0 Å². The molecular formula is C13H16FN3O3. The van der Waals surface area contributed by atoms with Gasteiger partial charge in [0.1, 0.15) is 11.6 Å². The molecule has 1 aliphatic heterocycles. The lowest BCUT2D eigenvalue weighted by Crippen LogP contribution is -2.46. The van der Waals surface area contributed by atoms with Crippen molar-refractivity contribution in [3.05, 3.63) is 29.6 Å². The fourth-order valence-corrected chi connectivity index (χ4v) is 2.27. The Bertz CT molecular complexity index is 530. The maximum Gasteiger partial charge on any atom is 0.258 e. The molecule has 108 valence electrons. The predicted octanol–water partition coefficient (Wildman–Crippen LogP) is -0.179. The minimum absolute atomic E-state index is 0.168. The van der Waals surface area contributed by atoms with Crippen LogP contribution in [-0.2, 0) is 4.79 Å². The van der Waals surface area contributed by atoms with Gasteiger partial charge in [-0.15, -0.1) is 0 Å². The van der Waals surface area contributed by atoms with E-state index in [2.05, 4.69) is 5.32 Å². The van der Waals surface area contributed by atoms with E-state index < -0.39 is 17.6 Å². The third-order valence-corrected chi connectivity index (χ3v) is 3.25. The molecule has 1 aromatic carbocycles. The Morgan fingerprint density at radius 1 is 1.50 bits per heavy atom. The summed E-state index contributed by atoms with van der Waals surface area (Å²) in [7, 11) is 0. The van der Waals surface area contributed by atoms with Crippen LogP contribution in [0.4, 0.5) is 4.39 Å². The molecular weight excluding hydrogens is 265 g/mol. The van der Waals surface area contributed by atoms with Crippen molar-refractivity contribution in [2.45, 2.75) is 12.5 Å². The van der Waals surface area contributed by atoms with E-state index in [0.717, 1.165) is 24.7 Å². The van der Waals surface area contributed by atoms with Crippen LogP contribution >= 0.6 is 0 Å². The second-order valence-electron chi connectivity index (χ2n) is 4.71. The summed E-state index contributed by atoms with van der Waals surface area (Å²) in [5.74, 6) is -2.21. The molecule has 0 spiro atoms. The van der Waals surface area contributed by atoms with E-state index in [4.69, 9.17) is 5.73 Å². The first-order valence-corrected chi connectivity index (χ1v) is 6.27. The van der Waals surface area contributed by atoms with E-state index >= 15 is 0 Å². The van der Waals surface area contributed by atoms with Gasteiger partial charge in [0.15, 0.2) is 0 Å². The predicted molar refractivity (Wildman–Crippen MR) is 69.6 cm³/mol. The number of hydrogen-bond donors (Lipinski definition) is 3. The molecule has 0 radical (unpaired) electrons. The molecule has 1 fully saturated rings. The highest BCUT2D eigenvalue weighted by atomic mass is 19.1. The molecule has 1 aromatic rings. The number of nitrogens with two attached hydrogens (primary N) is 1. The van der Waals surface area contributed by atoms with E-state index in [1.807, 2.05) is 0 Å². The number of rotatable bonds is 4. The number of aromatic hydroxyl groups is 1. The molecule has 6 nitrogen and oxygen atoms in total. The summed E-state index contributed by atoms with van der Waals surface area (Å²) < 4.78 is 13.2. The Morgan fingerprint density at radius 3 is 2.85 bits per heavy atom. The third kappa shape index (κ3) is 3.05. The highest BCUT2D eigenvalue weighted by molar-refractivity contribution is 5.98. The number of amides is 2. The number of phenols is 1. The number of halogens is 1. The van der Waals surface area contributed by atoms with Crippen molar-refractivity contribution in [2.75, 3.05) is 19.6 Å². The highest BCUT2D eigenvalue weighted by Crippen LogP contribution is 2.22. The van der Waals surface area contributed by atoms with Crippen LogP contribution in [0.15, 0.2) is 18.2 Å². The highest BCUT2D eigenvalue weighted by Gasteiger charge is 2.29. The molecule has 20 heavy (non-hydrogen) atoms. The molecule has 7 heteroatoms. The first-order valence-electron chi connectivity index (χ1n) is 6.27. The van der Waals surface area contributed by atoms with Gasteiger partial charge in [0.05, 0.1) is 12.1 Å². The molecule has 1 heterocycles. The number of phenolic OH excluding ortho intramolecular Hbond substituents is 1. The fourth-order valence-electron chi connectivity index (χ4n) is 2.27. The first-order chi connectivity index (χ1) is 9.49. The summed E-state index contributed by atoms with van der Waals surface area (Å²) in [6.45, 7) is 0.999. The lowest BCUT2D eigenvalue weighted by atomic mass is 10.1. The number of nitrogens with one attached hydrogen (secondary N) is 1. The molecule has 1 atom stereocenters. The largest absolute Gasteiger partial charge is 0.507 e. The lowest BCUT2D eigenvalue weighted by Gasteiger charge is -2.27. The van der Waals surface area contributed by atoms with Crippen LogP contribution in [0.3, 0.4) is 0 Å². The minimum atomic E-state index is -0.652. The Kier molecular flexibility index (Phi) is 4.19. The van der Waals surface area contributed by atoms with Crippen LogP contribution in [-0.4, -0.2) is 47.5 Å². The van der Waals surface area contributed by atoms with E-state index in [9.17, 15) is 19.1 Å². The number of hydrogen-bond acceptors (Lipinski definition) is 4. The lowest BCUT2D eigenvalue weighted by molar-refractivity contribution is -0.119. The molecule has 1 unspecified atom stereocenters. The van der Waals surface area contributed by atoms with Gasteiger partial charge in [0, 0.05) is 12.6 Å². The standard InChI is InChI=1S/C13H16FN3O3/c14-8-1-2-11(18)10(5-8)13(20)17(7-12(15)19)9-3-4-16-6-9/h1-2,5,9,16,18H,3-4,6-7H2,(H2,15,19). The van der Waals surface area contributed by atoms with E-state index in [1.165, 1.54) is 4.90 Å². The number of carbonyl (C=O) groups is 2. The molecule has 1 saturated heterocycles. The zero-order chi connectivity index (χ0) is 14.7. The van der Waals surface area contributed by atoms with Crippen LogP contribution < -0.4 is 11.1 Å². The van der Waals surface area contributed by atoms with Crippen LogP contribution in [0.5, 0.6) is 5.75 Å². The second kappa shape index (κ2) is 5.87. The van der Waals surface area contributed by atoms with Gasteiger partial charge < -0.3 is 21.1 Å². The molecule has 2 amide bonds. The van der Waals surface area contributed by atoms with Crippen LogP contribution in [0.2, 0.25) is 0 Å². The molecule has 0 aromatic heterocycles. The fraction of sp³-hybridized carbons (Fsp3) is 0.385. The van der Waals surface area contributed by atoms with Crippen molar-refractivity contribution in [1.82, 2.24) is 10.2 Å². The molecule has 0 bridgehead atoms. The van der Waals surface area contributed by atoms with Gasteiger partial charge >= 0.3 is 0 Å². The summed E-state index contributed by atoms with van der Waals surface area (Å²) in [4.78, 5) is 24.8. The van der Waals surface area contributed by atoms with Crippen LogP contribution in [0.25, 0.3) is 0 Å². The van der Waals surface area contributed by atoms with E-state index in [1.54, 1.807) is 0 Å². The summed E-state index contributed by atoms with van der Waals surface area (Å²) in [6, 6.07) is 2.92. The topological polar surface area (TPSA) is 95.7 Å². The van der Waals surface area contributed by atoms with Gasteiger partial charge in [0.2, 0.25) is 5.91 Å². The zero-order valence-electron chi connectivity index (χ0n) is 10.8. The minimum Gasteiger partial charge on any atom is -0.507 e. The maximum absolute atomic E-state index is 13.2. The van der Waals surface area contributed by atoms with Crippen molar-refractivity contribution in [3.8, 4) is 5.75 Å². The smallest absolute Gasteiger partial charge is 0.258 e. The van der Waals surface area contributed by atoms with Gasteiger partial charge in [-0.05, 0) is 31.2 Å².